The molecule has 0 N–H and O–H groups in total. The summed E-state index contributed by atoms with van der Waals surface area (Å²) < 4.78 is 33.7. The summed E-state index contributed by atoms with van der Waals surface area (Å²) in [6.45, 7) is 5.04. The number of rotatable bonds is 32. The van der Waals surface area contributed by atoms with Crippen LogP contribution in [0.1, 0.15) is 194 Å². The van der Waals surface area contributed by atoms with Gasteiger partial charge in [-0.25, -0.2) is 8.37 Å². The second-order valence-corrected chi connectivity index (χ2v) is 12.5. The Morgan fingerprint density at radius 2 is 0.526 bits per heavy atom. The quantitative estimate of drug-likeness (QED) is 0.0605. The second-order valence-electron chi connectivity index (χ2n) is 11.2. The predicted molar refractivity (Wildman–Crippen MR) is 161 cm³/mol. The van der Waals surface area contributed by atoms with Gasteiger partial charge in [0, 0.05) is 0 Å². The fourth-order valence-corrected chi connectivity index (χ4v) is 5.66. The summed E-state index contributed by atoms with van der Waals surface area (Å²) in [6.07, 6.45) is 36.0. The fraction of sp³-hybridized carbons (Fsp3) is 1.00. The number of hydrogen-bond donors (Lipinski definition) is 0. The molecule has 0 unspecified atom stereocenters. The fourth-order valence-electron chi connectivity index (χ4n) is 4.95. The van der Waals surface area contributed by atoms with E-state index in [-0.39, 0.29) is 42.8 Å². The van der Waals surface area contributed by atoms with Crippen LogP contribution in [0, 0.1) is 0 Å². The zero-order chi connectivity index (χ0) is 27.1. The van der Waals surface area contributed by atoms with E-state index in [1.807, 2.05) is 0 Å². The van der Waals surface area contributed by atoms with Gasteiger partial charge in [0.1, 0.15) is 0 Å². The van der Waals surface area contributed by atoms with E-state index in [4.69, 9.17) is 8.37 Å². The second kappa shape index (κ2) is 34.1. The van der Waals surface area contributed by atoms with Crippen LogP contribution < -0.4 is 29.6 Å². The third-order valence-corrected chi connectivity index (χ3v) is 8.36. The van der Waals surface area contributed by atoms with E-state index in [2.05, 4.69) is 13.8 Å². The predicted octanol–water partition coefficient (Wildman–Crippen LogP) is 8.23. The van der Waals surface area contributed by atoms with Gasteiger partial charge in [-0.05, 0) is 12.8 Å². The van der Waals surface area contributed by atoms with Crippen molar-refractivity contribution in [2.45, 2.75) is 194 Å². The maximum Gasteiger partial charge on any atom is 1.00 e. The van der Waals surface area contributed by atoms with Crippen LogP contribution in [-0.4, -0.2) is 21.6 Å². The Labute approximate surface area is 262 Å². The average molecular weight is 570 g/mol. The molecule has 0 saturated heterocycles. The molecular formula is C32H66NaO4S+. The summed E-state index contributed by atoms with van der Waals surface area (Å²) >= 11 is 0. The smallest absolute Gasteiger partial charge is 0.248 e. The van der Waals surface area contributed by atoms with Crippen molar-refractivity contribution in [3.8, 4) is 0 Å². The van der Waals surface area contributed by atoms with Gasteiger partial charge < -0.3 is 0 Å². The summed E-state index contributed by atoms with van der Waals surface area (Å²) in [6, 6.07) is 0. The molecule has 6 heteroatoms. The van der Waals surface area contributed by atoms with Crippen LogP contribution in [0.3, 0.4) is 0 Å². The zero-order valence-corrected chi connectivity index (χ0v) is 29.1. The Hall–Kier alpha value is 0.870. The van der Waals surface area contributed by atoms with Gasteiger partial charge in [0.25, 0.3) is 0 Å². The van der Waals surface area contributed by atoms with Crippen molar-refractivity contribution in [2.75, 3.05) is 13.2 Å². The van der Waals surface area contributed by atoms with Crippen LogP contribution in [0.2, 0.25) is 0 Å². The standard InChI is InChI=1S/C32H66O4S.Na/c1-3-5-7-9-11-13-15-17-19-21-23-25-27-29-31-35-37(33,34)36-32-30-28-26-24-22-20-18-16-14-12-10-8-6-4-2;/h3-32H2,1-2H3;/q;+1. The maximum absolute atomic E-state index is 11.9. The van der Waals surface area contributed by atoms with E-state index in [9.17, 15) is 8.42 Å². The Morgan fingerprint density at radius 3 is 0.737 bits per heavy atom. The van der Waals surface area contributed by atoms with E-state index in [0.717, 1.165) is 25.7 Å². The first-order chi connectivity index (χ1) is 18.1. The molecule has 0 rings (SSSR count). The normalized spacial score (nSPS) is 11.6. The van der Waals surface area contributed by atoms with E-state index in [1.165, 1.54) is 154 Å². The molecule has 0 aromatic carbocycles. The van der Waals surface area contributed by atoms with Gasteiger partial charge in [0.15, 0.2) is 0 Å². The monoisotopic (exact) mass is 569 g/mol. The SMILES string of the molecule is CCCCCCCCCCCCCCCCOS(=O)(=O)OCCCCCCCCCCCCCCCC.[Na+]. The largest absolute Gasteiger partial charge is 1.00 e. The van der Waals surface area contributed by atoms with Crippen LogP contribution in [0.15, 0.2) is 0 Å². The van der Waals surface area contributed by atoms with E-state index in [0.29, 0.717) is 0 Å². The molecule has 0 aliphatic carbocycles. The molecule has 0 aromatic rings. The molecule has 0 heterocycles. The molecule has 4 nitrogen and oxygen atoms in total. The molecule has 0 radical (unpaired) electrons. The van der Waals surface area contributed by atoms with Gasteiger partial charge >= 0.3 is 40.0 Å². The van der Waals surface area contributed by atoms with Gasteiger partial charge in [0.05, 0.1) is 13.2 Å². The minimum atomic E-state index is -3.82. The summed E-state index contributed by atoms with van der Waals surface area (Å²) in [7, 11) is -3.82. The molecule has 0 atom stereocenters. The maximum atomic E-state index is 11.9. The van der Waals surface area contributed by atoms with Crippen LogP contribution in [0.4, 0.5) is 0 Å². The van der Waals surface area contributed by atoms with Crippen molar-refractivity contribution >= 4 is 10.4 Å². The Morgan fingerprint density at radius 1 is 0.342 bits per heavy atom. The molecule has 0 aromatic heterocycles. The first kappa shape index (κ1) is 41.0. The first-order valence-electron chi connectivity index (χ1n) is 16.7. The summed E-state index contributed by atoms with van der Waals surface area (Å²) in [5.41, 5.74) is 0. The molecule has 0 bridgehead atoms. The minimum absolute atomic E-state index is 0. The van der Waals surface area contributed by atoms with Crippen molar-refractivity contribution in [3.05, 3.63) is 0 Å². The first-order valence-corrected chi connectivity index (χ1v) is 18.0. The molecule has 0 saturated carbocycles. The molecule has 38 heavy (non-hydrogen) atoms. The summed E-state index contributed by atoms with van der Waals surface area (Å²) in [4.78, 5) is 0. The van der Waals surface area contributed by atoms with Crippen molar-refractivity contribution < 1.29 is 46.3 Å². The third-order valence-electron chi connectivity index (χ3n) is 7.45. The van der Waals surface area contributed by atoms with Crippen molar-refractivity contribution in [1.82, 2.24) is 0 Å². The molecule has 0 aliphatic heterocycles. The van der Waals surface area contributed by atoms with Gasteiger partial charge in [-0.15, -0.1) is 0 Å². The zero-order valence-electron chi connectivity index (χ0n) is 26.3. The van der Waals surface area contributed by atoms with E-state index < -0.39 is 10.4 Å². The van der Waals surface area contributed by atoms with E-state index in [1.54, 1.807) is 0 Å². The Bertz CT molecular complexity index is 488. The van der Waals surface area contributed by atoms with Crippen LogP contribution in [0.5, 0.6) is 0 Å². The molecule has 0 amide bonds. The van der Waals surface area contributed by atoms with Crippen molar-refractivity contribution in [2.24, 2.45) is 0 Å². The van der Waals surface area contributed by atoms with Gasteiger partial charge in [-0.1, -0.05) is 181 Å². The van der Waals surface area contributed by atoms with Crippen LogP contribution in [-0.2, 0) is 18.8 Å². The van der Waals surface area contributed by atoms with Gasteiger partial charge in [-0.3, -0.25) is 0 Å². The van der Waals surface area contributed by atoms with Crippen LogP contribution >= 0.6 is 0 Å². The molecule has 0 fully saturated rings. The molecular weight excluding hydrogens is 503 g/mol. The van der Waals surface area contributed by atoms with Gasteiger partial charge in [0.2, 0.25) is 0 Å². The summed E-state index contributed by atoms with van der Waals surface area (Å²) in [5, 5.41) is 0. The minimum Gasteiger partial charge on any atom is -0.248 e. The number of hydrogen-bond acceptors (Lipinski definition) is 4. The average Bonchev–Trinajstić information content (AvgIpc) is 2.88. The third kappa shape index (κ3) is 34.9. The molecule has 224 valence electrons. The van der Waals surface area contributed by atoms with Crippen LogP contribution in [0.25, 0.3) is 0 Å². The van der Waals surface area contributed by atoms with E-state index >= 15 is 0 Å². The van der Waals surface area contributed by atoms with Crippen molar-refractivity contribution in [1.29, 1.82) is 0 Å². The molecule has 0 aliphatic rings. The Kier molecular flexibility index (Phi) is 36.8. The number of unbranched alkanes of at least 4 members (excludes halogenated alkanes) is 26. The molecule has 0 spiro atoms. The summed E-state index contributed by atoms with van der Waals surface area (Å²) in [5.74, 6) is 0. The topological polar surface area (TPSA) is 52.6 Å². The van der Waals surface area contributed by atoms with Crippen molar-refractivity contribution in [3.63, 3.8) is 0 Å². The van der Waals surface area contributed by atoms with Gasteiger partial charge in [-0.2, -0.15) is 8.42 Å². The Balaban J connectivity index is 0.